The number of unbranched alkanes of at least 4 members (excludes halogenated alkanes) is 2. The summed E-state index contributed by atoms with van der Waals surface area (Å²) >= 11 is 1.58. The molecule has 1 aromatic heterocycles. The van der Waals surface area contributed by atoms with Crippen molar-refractivity contribution in [2.75, 3.05) is 36.8 Å². The average Bonchev–Trinajstić information content (AvgIpc) is 3.28. The predicted octanol–water partition coefficient (Wildman–Crippen LogP) is 3.98. The molecule has 0 radical (unpaired) electrons. The molecule has 3 aromatic rings. The molecule has 0 aliphatic heterocycles. The van der Waals surface area contributed by atoms with Gasteiger partial charge in [-0.25, -0.2) is 0 Å². The number of ketones is 2. The summed E-state index contributed by atoms with van der Waals surface area (Å²) in [7, 11) is 0. The van der Waals surface area contributed by atoms with Crippen LogP contribution in [0.25, 0.3) is 10.1 Å². The van der Waals surface area contributed by atoms with Crippen LogP contribution >= 0.6 is 11.3 Å². The molecule has 31 heavy (non-hydrogen) atoms. The molecule has 0 atom stereocenters. The van der Waals surface area contributed by atoms with E-state index < -0.39 is 0 Å². The first-order chi connectivity index (χ1) is 15.2. The smallest absolute Gasteiger partial charge is 0.196 e. The highest BCUT2D eigenvalue weighted by Crippen LogP contribution is 2.45. The molecule has 1 aliphatic rings. The third kappa shape index (κ3) is 3.96. The molecular weight excluding hydrogens is 408 g/mol. The van der Waals surface area contributed by atoms with Gasteiger partial charge in [0.1, 0.15) is 0 Å². The van der Waals surface area contributed by atoms with Crippen LogP contribution < -0.4 is 22.1 Å². The van der Waals surface area contributed by atoms with Gasteiger partial charge >= 0.3 is 0 Å². The van der Waals surface area contributed by atoms with E-state index in [2.05, 4.69) is 10.6 Å². The Morgan fingerprint density at radius 1 is 0.742 bits per heavy atom. The lowest BCUT2D eigenvalue weighted by Gasteiger charge is -2.25. The van der Waals surface area contributed by atoms with Crippen LogP contribution in [0.15, 0.2) is 35.7 Å². The molecule has 0 saturated heterocycles. The summed E-state index contributed by atoms with van der Waals surface area (Å²) in [4.78, 5) is 27.2. The lowest BCUT2D eigenvalue weighted by Crippen LogP contribution is -2.25. The van der Waals surface area contributed by atoms with Crippen molar-refractivity contribution in [3.63, 3.8) is 0 Å². The van der Waals surface area contributed by atoms with E-state index in [-0.39, 0.29) is 11.6 Å². The van der Waals surface area contributed by atoms with Gasteiger partial charge in [0.15, 0.2) is 11.6 Å². The maximum absolute atomic E-state index is 13.6. The van der Waals surface area contributed by atoms with Crippen LogP contribution in [0.1, 0.15) is 57.5 Å². The van der Waals surface area contributed by atoms with E-state index in [1.807, 2.05) is 11.4 Å². The van der Waals surface area contributed by atoms with Crippen molar-refractivity contribution >= 4 is 44.4 Å². The zero-order chi connectivity index (χ0) is 21.8. The second-order valence-electron chi connectivity index (χ2n) is 7.71. The van der Waals surface area contributed by atoms with Crippen molar-refractivity contribution < 1.29 is 9.59 Å². The normalized spacial score (nSPS) is 12.7. The molecule has 4 rings (SSSR count). The van der Waals surface area contributed by atoms with E-state index >= 15 is 0 Å². The van der Waals surface area contributed by atoms with Crippen molar-refractivity contribution in [1.82, 2.24) is 0 Å². The van der Waals surface area contributed by atoms with E-state index in [0.717, 1.165) is 47.1 Å². The molecule has 162 valence electrons. The molecule has 0 saturated carbocycles. The molecule has 7 heteroatoms. The maximum atomic E-state index is 13.6. The van der Waals surface area contributed by atoms with Gasteiger partial charge < -0.3 is 22.1 Å². The minimum absolute atomic E-state index is 0.105. The Kier molecular flexibility index (Phi) is 6.65. The van der Waals surface area contributed by atoms with Crippen LogP contribution in [-0.2, 0) is 0 Å². The molecule has 2 aromatic carbocycles. The van der Waals surface area contributed by atoms with Gasteiger partial charge in [0.2, 0.25) is 0 Å². The van der Waals surface area contributed by atoms with Gasteiger partial charge in [-0.2, -0.15) is 0 Å². The van der Waals surface area contributed by atoms with Crippen molar-refractivity contribution in [2.24, 2.45) is 11.5 Å². The average molecular weight is 437 g/mol. The molecule has 0 unspecified atom stereocenters. The highest BCUT2D eigenvalue weighted by molar-refractivity contribution is 7.18. The van der Waals surface area contributed by atoms with Crippen LogP contribution in [0, 0.1) is 0 Å². The number of thiophene rings is 1. The number of hydrogen-bond acceptors (Lipinski definition) is 7. The molecule has 6 nitrogen and oxygen atoms in total. The van der Waals surface area contributed by atoms with Crippen LogP contribution in [0.3, 0.4) is 0 Å². The summed E-state index contributed by atoms with van der Waals surface area (Å²) in [6.07, 6.45) is 3.60. The number of fused-ring (bicyclic) bond motifs is 3. The molecule has 1 aliphatic carbocycles. The molecule has 0 amide bonds. The molecular formula is C24H28N4O2S. The van der Waals surface area contributed by atoms with Gasteiger partial charge in [-0.05, 0) is 50.2 Å². The number of carbonyl (C=O) groups excluding carboxylic acids is 2. The molecule has 0 bridgehead atoms. The van der Waals surface area contributed by atoms with Gasteiger partial charge in [0, 0.05) is 29.6 Å². The van der Waals surface area contributed by atoms with Gasteiger partial charge in [-0.15, -0.1) is 11.3 Å². The Bertz CT molecular complexity index is 1040. The number of rotatable bonds is 10. The van der Waals surface area contributed by atoms with Crippen LogP contribution in [-0.4, -0.2) is 37.7 Å². The molecule has 6 N–H and O–H groups in total. The van der Waals surface area contributed by atoms with E-state index in [9.17, 15) is 9.59 Å². The monoisotopic (exact) mass is 436 g/mol. The lowest BCUT2D eigenvalue weighted by atomic mass is 9.81. The summed E-state index contributed by atoms with van der Waals surface area (Å²) in [6.45, 7) is 2.65. The Hall–Kier alpha value is -2.74. The topological polar surface area (TPSA) is 110 Å². The van der Waals surface area contributed by atoms with E-state index in [4.69, 9.17) is 11.5 Å². The highest BCUT2D eigenvalue weighted by Gasteiger charge is 2.35. The number of anilines is 2. The van der Waals surface area contributed by atoms with Gasteiger partial charge in [0.05, 0.1) is 27.2 Å². The summed E-state index contributed by atoms with van der Waals surface area (Å²) in [5, 5.41) is 9.89. The van der Waals surface area contributed by atoms with Crippen LogP contribution in [0.2, 0.25) is 0 Å². The SMILES string of the molecule is NCCCCNc1c2c(c(NCCCCN)c3sccc13)C(=O)c1ccccc1C2=O. The Balaban J connectivity index is 1.87. The van der Waals surface area contributed by atoms with Gasteiger partial charge in [-0.3, -0.25) is 9.59 Å². The van der Waals surface area contributed by atoms with E-state index in [0.29, 0.717) is 48.4 Å². The zero-order valence-electron chi connectivity index (χ0n) is 17.5. The summed E-state index contributed by atoms with van der Waals surface area (Å²) in [6, 6.07) is 9.11. The van der Waals surface area contributed by atoms with E-state index in [1.165, 1.54) is 0 Å². The lowest BCUT2D eigenvalue weighted by molar-refractivity contribution is 0.0980. The largest absolute Gasteiger partial charge is 0.384 e. The number of nitrogens with one attached hydrogen (secondary N) is 2. The second kappa shape index (κ2) is 9.60. The molecule has 0 spiro atoms. The predicted molar refractivity (Wildman–Crippen MR) is 129 cm³/mol. The number of nitrogens with two attached hydrogens (primary N) is 2. The van der Waals surface area contributed by atoms with Crippen molar-refractivity contribution in [3.05, 3.63) is 58.0 Å². The fourth-order valence-electron chi connectivity index (χ4n) is 4.12. The third-order valence-electron chi connectivity index (χ3n) is 5.65. The van der Waals surface area contributed by atoms with Crippen molar-refractivity contribution in [3.8, 4) is 0 Å². The Morgan fingerprint density at radius 2 is 1.29 bits per heavy atom. The van der Waals surface area contributed by atoms with E-state index in [1.54, 1.807) is 35.6 Å². The maximum Gasteiger partial charge on any atom is 0.196 e. The summed E-state index contributed by atoms with van der Waals surface area (Å²) in [5.41, 5.74) is 14.7. The number of benzene rings is 2. The summed E-state index contributed by atoms with van der Waals surface area (Å²) in [5.74, 6) is -0.212. The Morgan fingerprint density at radius 3 is 1.87 bits per heavy atom. The second-order valence-corrected chi connectivity index (χ2v) is 8.63. The van der Waals surface area contributed by atoms with Gasteiger partial charge in [-0.1, -0.05) is 24.3 Å². The first kappa shape index (κ1) is 21.5. The first-order valence-corrected chi connectivity index (χ1v) is 11.7. The fraction of sp³-hybridized carbons (Fsp3) is 0.333. The number of carbonyl (C=O) groups is 2. The number of hydrogen-bond donors (Lipinski definition) is 4. The zero-order valence-corrected chi connectivity index (χ0v) is 18.3. The first-order valence-electron chi connectivity index (χ1n) is 10.8. The third-order valence-corrected chi connectivity index (χ3v) is 6.58. The molecule has 0 fully saturated rings. The van der Waals surface area contributed by atoms with Crippen LogP contribution in [0.5, 0.6) is 0 Å². The van der Waals surface area contributed by atoms with Crippen LogP contribution in [0.4, 0.5) is 11.4 Å². The fourth-order valence-corrected chi connectivity index (χ4v) is 5.05. The Labute approximate surface area is 186 Å². The minimum Gasteiger partial charge on any atom is -0.384 e. The van der Waals surface area contributed by atoms with Crippen molar-refractivity contribution in [1.29, 1.82) is 0 Å². The molecule has 1 heterocycles. The quantitative estimate of drug-likeness (QED) is 0.221. The van der Waals surface area contributed by atoms with Crippen molar-refractivity contribution in [2.45, 2.75) is 25.7 Å². The highest BCUT2D eigenvalue weighted by atomic mass is 32.1. The summed E-state index contributed by atoms with van der Waals surface area (Å²) < 4.78 is 0.994. The minimum atomic E-state index is -0.107. The van der Waals surface area contributed by atoms with Gasteiger partial charge in [0.25, 0.3) is 0 Å². The standard InChI is InChI=1S/C24H28N4O2S/c25-10-3-5-12-27-20-17-9-14-31-24(17)21(28-13-6-4-11-26)19-18(20)22(29)15-7-1-2-8-16(15)23(19)30/h1-2,7-9,14,27-28H,3-6,10-13,25-26H2.